The number of fused-ring (bicyclic) bond motifs is 1. The summed E-state index contributed by atoms with van der Waals surface area (Å²) in [6.45, 7) is 1.74. The molecule has 44 heavy (non-hydrogen) atoms. The second-order valence-electron chi connectivity index (χ2n) is 9.80. The van der Waals surface area contributed by atoms with Gasteiger partial charge in [0.15, 0.2) is 4.80 Å². The summed E-state index contributed by atoms with van der Waals surface area (Å²) in [5, 5.41) is 15.1. The fourth-order valence-corrected chi connectivity index (χ4v) is 6.15. The van der Waals surface area contributed by atoms with Crippen LogP contribution in [0.25, 0.3) is 17.4 Å². The van der Waals surface area contributed by atoms with Crippen LogP contribution in [0.5, 0.6) is 5.75 Å². The number of aromatic nitrogens is 1. The Labute approximate surface area is 259 Å². The van der Waals surface area contributed by atoms with Gasteiger partial charge in [-0.3, -0.25) is 24.3 Å². The number of thiazole rings is 1. The number of hydrogen-bond donors (Lipinski definition) is 1. The molecule has 3 heterocycles. The molecule has 0 aliphatic carbocycles. The van der Waals surface area contributed by atoms with Gasteiger partial charge < -0.3 is 14.5 Å². The summed E-state index contributed by atoms with van der Waals surface area (Å²) in [6.07, 6.45) is 1.56. The van der Waals surface area contributed by atoms with Crippen molar-refractivity contribution in [1.82, 2.24) is 4.57 Å². The first-order valence-electron chi connectivity index (χ1n) is 13.3. The molecule has 1 atom stereocenters. The Morgan fingerprint density at radius 1 is 1.11 bits per heavy atom. The zero-order chi connectivity index (χ0) is 31.0. The molecule has 2 aromatic heterocycles. The van der Waals surface area contributed by atoms with Crippen LogP contribution in [0.15, 0.2) is 110 Å². The molecule has 12 heteroatoms. The SMILES string of the molecule is COc1ccc(-c2ccc(/C=c3\sc4n(c3=O)C(c3ccc(Cl)cc3)C(C(=O)Nc3ccccc3)=C(C)N=4)o2)c([N+](=O)[O-])c1. The summed E-state index contributed by atoms with van der Waals surface area (Å²) in [6, 6.07) is 22.9. The number of nitrogens with one attached hydrogen (secondary N) is 1. The predicted molar refractivity (Wildman–Crippen MR) is 168 cm³/mol. The third kappa shape index (κ3) is 5.46. The second kappa shape index (κ2) is 11.8. The van der Waals surface area contributed by atoms with Crippen molar-refractivity contribution >= 4 is 46.3 Å². The topological polar surface area (TPSA) is 129 Å². The van der Waals surface area contributed by atoms with Crippen molar-refractivity contribution in [1.29, 1.82) is 0 Å². The van der Waals surface area contributed by atoms with E-state index >= 15 is 0 Å². The van der Waals surface area contributed by atoms with E-state index in [0.29, 0.717) is 48.4 Å². The monoisotopic (exact) mass is 626 g/mol. The van der Waals surface area contributed by atoms with Gasteiger partial charge in [0.1, 0.15) is 17.3 Å². The number of hydrogen-bond acceptors (Lipinski definition) is 8. The Morgan fingerprint density at radius 3 is 2.57 bits per heavy atom. The molecule has 220 valence electrons. The minimum absolute atomic E-state index is 0.177. The minimum atomic E-state index is -0.775. The molecule has 1 N–H and O–H groups in total. The van der Waals surface area contributed by atoms with Gasteiger partial charge in [-0.25, -0.2) is 4.99 Å². The van der Waals surface area contributed by atoms with Crippen LogP contribution in [-0.2, 0) is 4.79 Å². The maximum atomic E-state index is 13.9. The Morgan fingerprint density at radius 2 is 1.86 bits per heavy atom. The third-order valence-corrected chi connectivity index (χ3v) is 8.29. The molecular weight excluding hydrogens is 604 g/mol. The summed E-state index contributed by atoms with van der Waals surface area (Å²) >= 11 is 7.31. The van der Waals surface area contributed by atoms with E-state index in [1.807, 2.05) is 18.2 Å². The van der Waals surface area contributed by atoms with E-state index in [1.165, 1.54) is 17.7 Å². The molecule has 3 aromatic carbocycles. The first-order chi connectivity index (χ1) is 21.2. The second-order valence-corrected chi connectivity index (χ2v) is 11.2. The molecule has 0 saturated carbocycles. The van der Waals surface area contributed by atoms with Crippen LogP contribution in [-0.4, -0.2) is 22.5 Å². The van der Waals surface area contributed by atoms with Gasteiger partial charge in [0.05, 0.1) is 45.5 Å². The van der Waals surface area contributed by atoms with Crippen LogP contribution >= 0.6 is 22.9 Å². The lowest BCUT2D eigenvalue weighted by Gasteiger charge is -2.25. The molecule has 5 aromatic rings. The summed E-state index contributed by atoms with van der Waals surface area (Å²) in [5.41, 5.74) is 1.80. The van der Waals surface area contributed by atoms with Crippen molar-refractivity contribution in [3.05, 3.63) is 142 Å². The van der Waals surface area contributed by atoms with Crippen molar-refractivity contribution in [2.45, 2.75) is 13.0 Å². The Balaban J connectivity index is 1.44. The average molecular weight is 627 g/mol. The molecular formula is C32H23ClN4O6S. The van der Waals surface area contributed by atoms with Crippen LogP contribution in [0, 0.1) is 10.1 Å². The molecule has 0 fully saturated rings. The van der Waals surface area contributed by atoms with Crippen LogP contribution in [0.3, 0.4) is 0 Å². The molecule has 1 aliphatic heterocycles. The summed E-state index contributed by atoms with van der Waals surface area (Å²) in [5.74, 6) is 0.531. The number of carbonyl (C=O) groups excluding carboxylic acids is 1. The lowest BCUT2D eigenvalue weighted by molar-refractivity contribution is -0.384. The Hall–Kier alpha value is -5.26. The molecule has 1 aliphatic rings. The zero-order valence-corrected chi connectivity index (χ0v) is 24.9. The van der Waals surface area contributed by atoms with Crippen molar-refractivity contribution < 1.29 is 18.9 Å². The van der Waals surface area contributed by atoms with E-state index in [2.05, 4.69) is 10.3 Å². The zero-order valence-electron chi connectivity index (χ0n) is 23.3. The number of nitrogens with zero attached hydrogens (tertiary/aromatic N) is 3. The van der Waals surface area contributed by atoms with Crippen molar-refractivity contribution in [2.24, 2.45) is 4.99 Å². The minimum Gasteiger partial charge on any atom is -0.497 e. The van der Waals surface area contributed by atoms with E-state index in [1.54, 1.807) is 73.7 Å². The van der Waals surface area contributed by atoms with Crippen LogP contribution in [0.2, 0.25) is 5.02 Å². The fourth-order valence-electron chi connectivity index (χ4n) is 4.99. The van der Waals surface area contributed by atoms with Gasteiger partial charge in [-0.2, -0.15) is 0 Å². The number of nitro groups is 1. The molecule has 1 unspecified atom stereocenters. The number of anilines is 1. The van der Waals surface area contributed by atoms with Crippen LogP contribution in [0.1, 0.15) is 24.3 Å². The van der Waals surface area contributed by atoms with Crippen LogP contribution < -0.4 is 24.9 Å². The highest BCUT2D eigenvalue weighted by atomic mass is 35.5. The standard InChI is InChI=1S/C32H23ClN4O6S/c1-18-28(30(38)35-21-6-4-3-5-7-21)29(19-8-10-20(33)11-9-19)36-31(39)27(44-32(36)34-18)17-23-13-15-26(43-23)24-14-12-22(42-2)16-25(24)37(40)41/h3-17,29H,1-2H3,(H,35,38)/b27-17-. The molecule has 0 bridgehead atoms. The van der Waals surface area contributed by atoms with Crippen molar-refractivity contribution in [3.8, 4) is 17.1 Å². The van der Waals surface area contributed by atoms with Gasteiger partial charge in [-0.15, -0.1) is 0 Å². The largest absolute Gasteiger partial charge is 0.497 e. The number of furan rings is 1. The van der Waals surface area contributed by atoms with Crippen LogP contribution in [0.4, 0.5) is 11.4 Å². The highest BCUT2D eigenvalue weighted by Crippen LogP contribution is 2.35. The fraction of sp³-hybridized carbons (Fsp3) is 0.0938. The first-order valence-corrected chi connectivity index (χ1v) is 14.5. The number of para-hydroxylation sites is 1. The maximum absolute atomic E-state index is 13.9. The van der Waals surface area contributed by atoms with E-state index in [0.717, 1.165) is 11.3 Å². The summed E-state index contributed by atoms with van der Waals surface area (Å²) in [7, 11) is 1.43. The van der Waals surface area contributed by atoms with Crippen molar-refractivity contribution in [2.75, 3.05) is 12.4 Å². The summed E-state index contributed by atoms with van der Waals surface area (Å²) < 4.78 is 12.9. The number of amides is 1. The van der Waals surface area contributed by atoms with Gasteiger partial charge in [0.25, 0.3) is 17.2 Å². The van der Waals surface area contributed by atoms with Gasteiger partial charge in [0, 0.05) is 16.8 Å². The van der Waals surface area contributed by atoms with E-state index in [4.69, 9.17) is 20.8 Å². The number of halogens is 1. The average Bonchev–Trinajstić information content (AvgIpc) is 3.60. The Bertz CT molecular complexity index is 2130. The van der Waals surface area contributed by atoms with E-state index in [-0.39, 0.29) is 28.5 Å². The number of nitro benzene ring substituents is 1. The lowest BCUT2D eigenvalue weighted by Crippen LogP contribution is -2.40. The van der Waals surface area contributed by atoms with Gasteiger partial charge >= 0.3 is 0 Å². The summed E-state index contributed by atoms with van der Waals surface area (Å²) in [4.78, 5) is 43.8. The maximum Gasteiger partial charge on any atom is 0.284 e. The smallest absolute Gasteiger partial charge is 0.284 e. The normalized spacial score (nSPS) is 14.6. The van der Waals surface area contributed by atoms with Gasteiger partial charge in [-0.1, -0.05) is 53.3 Å². The van der Waals surface area contributed by atoms with Gasteiger partial charge in [-0.05, 0) is 61.0 Å². The number of carbonyl (C=O) groups is 1. The number of allylic oxidation sites excluding steroid dienone is 1. The Kier molecular flexibility index (Phi) is 7.73. The van der Waals surface area contributed by atoms with Crippen molar-refractivity contribution in [3.63, 3.8) is 0 Å². The molecule has 6 rings (SSSR count). The molecule has 10 nitrogen and oxygen atoms in total. The molecule has 0 spiro atoms. The lowest BCUT2D eigenvalue weighted by atomic mass is 9.95. The molecule has 0 saturated heterocycles. The number of benzene rings is 3. The quantitative estimate of drug-likeness (QED) is 0.182. The third-order valence-electron chi connectivity index (χ3n) is 7.05. The van der Waals surface area contributed by atoms with E-state index < -0.39 is 11.0 Å². The van der Waals surface area contributed by atoms with E-state index in [9.17, 15) is 19.7 Å². The number of ether oxygens (including phenoxy) is 1. The number of rotatable bonds is 7. The highest BCUT2D eigenvalue weighted by Gasteiger charge is 2.32. The predicted octanol–water partition coefficient (Wildman–Crippen LogP) is 5.70. The number of methoxy groups -OCH3 is 1. The first kappa shape index (κ1) is 28.8. The molecule has 1 amide bonds. The molecule has 0 radical (unpaired) electrons. The van der Waals surface area contributed by atoms with Gasteiger partial charge in [0.2, 0.25) is 0 Å². The highest BCUT2D eigenvalue weighted by molar-refractivity contribution is 7.07.